The number of rotatable bonds is 6. The average molecular weight is 294 g/mol. The van der Waals surface area contributed by atoms with E-state index in [1.807, 2.05) is 6.07 Å². The van der Waals surface area contributed by atoms with Crippen LogP contribution in [0.2, 0.25) is 0 Å². The van der Waals surface area contributed by atoms with Crippen LogP contribution < -0.4 is 10.2 Å². The van der Waals surface area contributed by atoms with Crippen molar-refractivity contribution in [3.8, 4) is 0 Å². The second-order valence-electron chi connectivity index (χ2n) is 4.20. The highest BCUT2D eigenvalue weighted by Crippen LogP contribution is 2.20. The van der Waals surface area contributed by atoms with Crippen LogP contribution in [0.15, 0.2) is 30.1 Å². The molecule has 0 aromatic carbocycles. The third kappa shape index (κ3) is 4.50. The van der Waals surface area contributed by atoms with Crippen molar-refractivity contribution in [1.82, 2.24) is 15.3 Å². The molecule has 2 rings (SSSR count). The lowest BCUT2D eigenvalue weighted by Crippen LogP contribution is -2.36. The minimum atomic E-state index is -0.0264. The number of hydrogen-bond acceptors (Lipinski definition) is 6. The third-order valence-electron chi connectivity index (χ3n) is 2.76. The molecular formula is C13H18N4O2S. The summed E-state index contributed by atoms with van der Waals surface area (Å²) >= 11 is 1.40. The van der Waals surface area contributed by atoms with E-state index < -0.39 is 0 Å². The summed E-state index contributed by atoms with van der Waals surface area (Å²) < 4.78 is 5.32. The quantitative estimate of drug-likeness (QED) is 0.473. The van der Waals surface area contributed by atoms with Gasteiger partial charge in [-0.15, -0.1) is 6.58 Å². The first kappa shape index (κ1) is 14.8. The highest BCUT2D eigenvalue weighted by Gasteiger charge is 2.13. The Balaban J connectivity index is 1.88. The fraction of sp³-hybridized carbons (Fsp3) is 0.462. The molecule has 1 aliphatic rings. The smallest absolute Gasteiger partial charge is 0.230 e. The zero-order valence-corrected chi connectivity index (χ0v) is 12.1. The maximum atomic E-state index is 11.5. The number of thioether (sulfide) groups is 1. The van der Waals surface area contributed by atoms with E-state index in [-0.39, 0.29) is 5.91 Å². The summed E-state index contributed by atoms with van der Waals surface area (Å²) in [6, 6.07) is 1.91. The van der Waals surface area contributed by atoms with Gasteiger partial charge in [-0.3, -0.25) is 4.79 Å². The van der Waals surface area contributed by atoms with Crippen LogP contribution in [0, 0.1) is 0 Å². The van der Waals surface area contributed by atoms with Crippen molar-refractivity contribution in [1.29, 1.82) is 0 Å². The Bertz CT molecular complexity index is 463. The second-order valence-corrected chi connectivity index (χ2v) is 5.19. The third-order valence-corrected chi connectivity index (χ3v) is 3.68. The van der Waals surface area contributed by atoms with Gasteiger partial charge in [-0.2, -0.15) is 0 Å². The molecule has 7 heteroatoms. The molecule has 108 valence electrons. The van der Waals surface area contributed by atoms with Crippen molar-refractivity contribution < 1.29 is 9.53 Å². The molecule has 0 radical (unpaired) electrons. The van der Waals surface area contributed by atoms with E-state index >= 15 is 0 Å². The van der Waals surface area contributed by atoms with Gasteiger partial charge in [0.15, 0.2) is 0 Å². The van der Waals surface area contributed by atoms with Gasteiger partial charge in [0.1, 0.15) is 17.2 Å². The number of nitrogens with zero attached hydrogens (tertiary/aromatic N) is 3. The van der Waals surface area contributed by atoms with Crippen LogP contribution >= 0.6 is 11.8 Å². The zero-order chi connectivity index (χ0) is 14.2. The van der Waals surface area contributed by atoms with E-state index in [0.717, 1.165) is 37.1 Å². The Morgan fingerprint density at radius 2 is 2.30 bits per heavy atom. The van der Waals surface area contributed by atoms with Gasteiger partial charge in [0.05, 0.1) is 19.0 Å². The molecule has 0 unspecified atom stereocenters. The van der Waals surface area contributed by atoms with Gasteiger partial charge in [-0.1, -0.05) is 17.8 Å². The molecule has 6 nitrogen and oxygen atoms in total. The molecule has 0 spiro atoms. The van der Waals surface area contributed by atoms with Gasteiger partial charge in [-0.05, 0) is 0 Å². The normalized spacial score (nSPS) is 14.9. The van der Waals surface area contributed by atoms with Gasteiger partial charge in [0.2, 0.25) is 5.91 Å². The number of nitrogens with one attached hydrogen (secondary N) is 1. The predicted octanol–water partition coefficient (Wildman–Crippen LogP) is 0.707. The molecule has 1 amide bonds. The summed E-state index contributed by atoms with van der Waals surface area (Å²) in [6.45, 7) is 7.15. The lowest BCUT2D eigenvalue weighted by atomic mass is 10.4. The lowest BCUT2D eigenvalue weighted by molar-refractivity contribution is -0.118. The molecule has 1 fully saturated rings. The van der Waals surface area contributed by atoms with Crippen molar-refractivity contribution in [3.63, 3.8) is 0 Å². The maximum absolute atomic E-state index is 11.5. The monoisotopic (exact) mass is 294 g/mol. The van der Waals surface area contributed by atoms with Crippen LogP contribution in [-0.4, -0.2) is 54.5 Å². The van der Waals surface area contributed by atoms with Crippen LogP contribution in [0.1, 0.15) is 0 Å². The van der Waals surface area contributed by atoms with Crippen molar-refractivity contribution in [2.24, 2.45) is 0 Å². The summed E-state index contributed by atoms with van der Waals surface area (Å²) in [7, 11) is 0. The van der Waals surface area contributed by atoms with Crippen LogP contribution in [0.3, 0.4) is 0 Å². The minimum absolute atomic E-state index is 0.0264. The van der Waals surface area contributed by atoms with Gasteiger partial charge < -0.3 is 15.0 Å². The fourth-order valence-electron chi connectivity index (χ4n) is 1.75. The highest BCUT2D eigenvalue weighted by molar-refractivity contribution is 7.99. The summed E-state index contributed by atoms with van der Waals surface area (Å²) in [6.07, 6.45) is 3.19. The van der Waals surface area contributed by atoms with Gasteiger partial charge in [-0.25, -0.2) is 9.97 Å². The van der Waals surface area contributed by atoms with E-state index in [4.69, 9.17) is 4.74 Å². The average Bonchev–Trinajstić information content (AvgIpc) is 2.52. The first-order valence-electron chi connectivity index (χ1n) is 6.44. The van der Waals surface area contributed by atoms with E-state index in [0.29, 0.717) is 12.3 Å². The van der Waals surface area contributed by atoms with Gasteiger partial charge in [0, 0.05) is 25.7 Å². The van der Waals surface area contributed by atoms with E-state index in [1.165, 1.54) is 18.1 Å². The molecule has 2 heterocycles. The molecule has 1 aliphatic heterocycles. The van der Waals surface area contributed by atoms with Gasteiger partial charge in [0.25, 0.3) is 0 Å². The van der Waals surface area contributed by atoms with Crippen molar-refractivity contribution in [2.45, 2.75) is 5.03 Å². The molecule has 1 aromatic heterocycles. The van der Waals surface area contributed by atoms with Crippen LogP contribution in [-0.2, 0) is 9.53 Å². The van der Waals surface area contributed by atoms with E-state index in [1.54, 1.807) is 6.08 Å². The van der Waals surface area contributed by atoms with Crippen molar-refractivity contribution >= 4 is 23.5 Å². The number of amides is 1. The number of hydrogen-bond donors (Lipinski definition) is 1. The summed E-state index contributed by atoms with van der Waals surface area (Å²) in [5.74, 6) is 1.20. The molecule has 1 N–H and O–H groups in total. The predicted molar refractivity (Wildman–Crippen MR) is 79.0 cm³/mol. The second kappa shape index (κ2) is 7.86. The van der Waals surface area contributed by atoms with Gasteiger partial charge >= 0.3 is 0 Å². The summed E-state index contributed by atoms with van der Waals surface area (Å²) in [4.78, 5) is 22.1. The molecule has 20 heavy (non-hydrogen) atoms. The Morgan fingerprint density at radius 1 is 1.50 bits per heavy atom. The lowest BCUT2D eigenvalue weighted by Gasteiger charge is -2.27. The standard InChI is InChI=1S/C13H18N4O2S/c1-2-3-14-12(18)9-20-13-8-11(15-10-16-13)17-4-6-19-7-5-17/h2,8,10H,1,3-7,9H2,(H,14,18). The molecule has 0 bridgehead atoms. The van der Waals surface area contributed by atoms with Crippen LogP contribution in [0.4, 0.5) is 5.82 Å². The number of anilines is 1. The maximum Gasteiger partial charge on any atom is 0.230 e. The first-order valence-corrected chi connectivity index (χ1v) is 7.43. The SMILES string of the molecule is C=CCNC(=O)CSc1cc(N2CCOCC2)ncn1. The molecule has 1 saturated heterocycles. The molecule has 0 atom stereocenters. The summed E-state index contributed by atoms with van der Waals surface area (Å²) in [5, 5.41) is 3.53. The topological polar surface area (TPSA) is 67.4 Å². The molecule has 0 aliphatic carbocycles. The van der Waals surface area contributed by atoms with Crippen LogP contribution in [0.25, 0.3) is 0 Å². The van der Waals surface area contributed by atoms with Crippen LogP contribution in [0.5, 0.6) is 0 Å². The first-order chi connectivity index (χ1) is 9.79. The molecule has 1 aromatic rings. The van der Waals surface area contributed by atoms with Crippen molar-refractivity contribution in [2.75, 3.05) is 43.5 Å². The molecule has 0 saturated carbocycles. The highest BCUT2D eigenvalue weighted by atomic mass is 32.2. The Kier molecular flexibility index (Phi) is 5.82. The number of carbonyl (C=O) groups excluding carboxylic acids is 1. The summed E-state index contributed by atoms with van der Waals surface area (Å²) in [5.41, 5.74) is 0. The number of morpholine rings is 1. The Hall–Kier alpha value is -1.60. The number of ether oxygens (including phenoxy) is 1. The Labute approximate surface area is 122 Å². The zero-order valence-electron chi connectivity index (χ0n) is 11.2. The number of carbonyl (C=O) groups is 1. The van der Waals surface area contributed by atoms with E-state index in [2.05, 4.69) is 26.8 Å². The fourth-order valence-corrected chi connectivity index (χ4v) is 2.44. The largest absolute Gasteiger partial charge is 0.378 e. The number of aromatic nitrogens is 2. The van der Waals surface area contributed by atoms with Crippen molar-refractivity contribution in [3.05, 3.63) is 25.0 Å². The Morgan fingerprint density at radius 3 is 3.05 bits per heavy atom. The molecular weight excluding hydrogens is 276 g/mol. The minimum Gasteiger partial charge on any atom is -0.378 e. The van der Waals surface area contributed by atoms with E-state index in [9.17, 15) is 4.79 Å².